The van der Waals surface area contributed by atoms with Crippen LogP contribution in [0, 0.1) is 0 Å². The number of piperidine rings is 1. The highest BCUT2D eigenvalue weighted by Crippen LogP contribution is 2.18. The third-order valence-electron chi connectivity index (χ3n) is 3.34. The minimum atomic E-state index is 0.0975. The normalized spacial score (nSPS) is 16.0. The zero-order valence-corrected chi connectivity index (χ0v) is 12.0. The summed E-state index contributed by atoms with van der Waals surface area (Å²) in [4.78, 5) is 21.8. The van der Waals surface area contributed by atoms with E-state index in [2.05, 4.69) is 9.97 Å². The van der Waals surface area contributed by atoms with Crippen molar-refractivity contribution in [2.75, 3.05) is 20.2 Å². The molecule has 110 valence electrons. The van der Waals surface area contributed by atoms with Gasteiger partial charge in [0.15, 0.2) is 0 Å². The van der Waals surface area contributed by atoms with Crippen LogP contribution in [0.2, 0.25) is 0 Å². The maximum absolute atomic E-state index is 11.8. The summed E-state index contributed by atoms with van der Waals surface area (Å²) in [5.74, 6) is 0.768. The predicted molar refractivity (Wildman–Crippen MR) is 73.7 cm³/mol. The highest BCUT2D eigenvalue weighted by molar-refractivity contribution is 5.76. The second-order valence-corrected chi connectivity index (χ2v) is 4.83. The number of carbonyl (C=O) groups is 1. The molecule has 1 saturated heterocycles. The standard InChI is InChI=1S/C14H21N3O3/c1-3-4-13(18)17-9-6-11(7-10-17)20-12-5-8-15-14(16-12)19-2/h5,8,11H,3-4,6-7,9-10H2,1-2H3. The number of carbonyl (C=O) groups excluding carboxylic acids is 1. The second kappa shape index (κ2) is 7.07. The summed E-state index contributed by atoms with van der Waals surface area (Å²) >= 11 is 0. The molecule has 1 fully saturated rings. The summed E-state index contributed by atoms with van der Waals surface area (Å²) in [6, 6.07) is 2.02. The van der Waals surface area contributed by atoms with Crippen LogP contribution in [0.4, 0.5) is 0 Å². The maximum Gasteiger partial charge on any atom is 0.319 e. The lowest BCUT2D eigenvalue weighted by atomic mass is 10.1. The molecule has 1 amide bonds. The molecule has 0 unspecified atom stereocenters. The summed E-state index contributed by atoms with van der Waals surface area (Å²) in [5, 5.41) is 0. The Kier molecular flexibility index (Phi) is 5.15. The number of hydrogen-bond donors (Lipinski definition) is 0. The van der Waals surface area contributed by atoms with Crippen LogP contribution in [0.1, 0.15) is 32.6 Å². The van der Waals surface area contributed by atoms with Crippen molar-refractivity contribution in [1.82, 2.24) is 14.9 Å². The summed E-state index contributed by atoms with van der Waals surface area (Å²) in [6.07, 6.45) is 4.91. The van der Waals surface area contributed by atoms with E-state index in [0.717, 1.165) is 32.4 Å². The molecule has 20 heavy (non-hydrogen) atoms. The topological polar surface area (TPSA) is 64.6 Å². The van der Waals surface area contributed by atoms with E-state index in [-0.39, 0.29) is 12.0 Å². The van der Waals surface area contributed by atoms with Crippen molar-refractivity contribution >= 4 is 5.91 Å². The molecule has 0 radical (unpaired) electrons. The third-order valence-corrected chi connectivity index (χ3v) is 3.34. The Morgan fingerprint density at radius 1 is 1.45 bits per heavy atom. The molecule has 0 atom stereocenters. The number of amides is 1. The highest BCUT2D eigenvalue weighted by Gasteiger charge is 2.23. The van der Waals surface area contributed by atoms with Crippen LogP contribution < -0.4 is 9.47 Å². The van der Waals surface area contributed by atoms with Gasteiger partial charge in [-0.05, 0) is 6.42 Å². The van der Waals surface area contributed by atoms with Gasteiger partial charge in [0.2, 0.25) is 11.8 Å². The minimum Gasteiger partial charge on any atom is -0.474 e. The molecule has 6 nitrogen and oxygen atoms in total. The van der Waals surface area contributed by atoms with Crippen LogP contribution in [-0.2, 0) is 4.79 Å². The van der Waals surface area contributed by atoms with Gasteiger partial charge in [0, 0.05) is 44.6 Å². The molecule has 0 bridgehead atoms. The fourth-order valence-electron chi connectivity index (χ4n) is 2.25. The summed E-state index contributed by atoms with van der Waals surface area (Å²) in [5.41, 5.74) is 0. The van der Waals surface area contributed by atoms with Gasteiger partial charge in [-0.3, -0.25) is 4.79 Å². The molecule has 0 aliphatic carbocycles. The van der Waals surface area contributed by atoms with Crippen molar-refractivity contribution in [2.45, 2.75) is 38.7 Å². The van der Waals surface area contributed by atoms with Gasteiger partial charge in [-0.1, -0.05) is 6.92 Å². The highest BCUT2D eigenvalue weighted by atomic mass is 16.5. The fraction of sp³-hybridized carbons (Fsp3) is 0.643. The van der Waals surface area contributed by atoms with Crippen LogP contribution >= 0.6 is 0 Å². The Labute approximate surface area is 119 Å². The van der Waals surface area contributed by atoms with Gasteiger partial charge < -0.3 is 14.4 Å². The lowest BCUT2D eigenvalue weighted by molar-refractivity contribution is -0.133. The van der Waals surface area contributed by atoms with E-state index in [9.17, 15) is 4.79 Å². The zero-order chi connectivity index (χ0) is 14.4. The van der Waals surface area contributed by atoms with Crippen molar-refractivity contribution < 1.29 is 14.3 Å². The molecule has 0 spiro atoms. The summed E-state index contributed by atoms with van der Waals surface area (Å²) in [7, 11) is 1.52. The number of rotatable bonds is 5. The lowest BCUT2D eigenvalue weighted by Crippen LogP contribution is -2.41. The first-order valence-corrected chi connectivity index (χ1v) is 7.04. The summed E-state index contributed by atoms with van der Waals surface area (Å²) in [6.45, 7) is 3.54. The quantitative estimate of drug-likeness (QED) is 0.820. The van der Waals surface area contributed by atoms with Gasteiger partial charge in [0.25, 0.3) is 0 Å². The van der Waals surface area contributed by atoms with Crippen molar-refractivity contribution in [3.63, 3.8) is 0 Å². The third kappa shape index (κ3) is 3.82. The van der Waals surface area contributed by atoms with Gasteiger partial charge in [0.1, 0.15) is 6.10 Å². The van der Waals surface area contributed by atoms with Gasteiger partial charge in [-0.2, -0.15) is 4.98 Å². The van der Waals surface area contributed by atoms with Crippen LogP contribution in [-0.4, -0.2) is 47.1 Å². The molecule has 0 saturated carbocycles. The molecule has 1 aromatic heterocycles. The molecule has 0 N–H and O–H groups in total. The number of hydrogen-bond acceptors (Lipinski definition) is 5. The van der Waals surface area contributed by atoms with Crippen molar-refractivity contribution in [3.05, 3.63) is 12.3 Å². The van der Waals surface area contributed by atoms with E-state index in [0.29, 0.717) is 18.3 Å². The Balaban J connectivity index is 1.83. The zero-order valence-electron chi connectivity index (χ0n) is 12.0. The molecular formula is C14H21N3O3. The molecular weight excluding hydrogens is 258 g/mol. The van der Waals surface area contributed by atoms with Crippen LogP contribution in [0.3, 0.4) is 0 Å². The first-order valence-electron chi connectivity index (χ1n) is 7.04. The number of aromatic nitrogens is 2. The van der Waals surface area contributed by atoms with E-state index in [4.69, 9.17) is 9.47 Å². The molecule has 0 aromatic carbocycles. The minimum absolute atomic E-state index is 0.0975. The largest absolute Gasteiger partial charge is 0.474 e. The first kappa shape index (κ1) is 14.6. The molecule has 1 aliphatic rings. The Bertz CT molecular complexity index is 445. The van der Waals surface area contributed by atoms with Gasteiger partial charge in [-0.15, -0.1) is 0 Å². The molecule has 1 aromatic rings. The first-order chi connectivity index (χ1) is 9.72. The van der Waals surface area contributed by atoms with Crippen molar-refractivity contribution in [1.29, 1.82) is 0 Å². The van der Waals surface area contributed by atoms with Gasteiger partial charge in [0.05, 0.1) is 7.11 Å². The van der Waals surface area contributed by atoms with Crippen LogP contribution in [0.25, 0.3) is 0 Å². The maximum atomic E-state index is 11.8. The van der Waals surface area contributed by atoms with Crippen molar-refractivity contribution in [2.24, 2.45) is 0 Å². The Hall–Kier alpha value is -1.85. The number of ether oxygens (including phenoxy) is 2. The van der Waals surface area contributed by atoms with Crippen LogP contribution in [0.15, 0.2) is 12.3 Å². The molecule has 2 rings (SSSR count). The van der Waals surface area contributed by atoms with Gasteiger partial charge >= 0.3 is 6.01 Å². The van der Waals surface area contributed by atoms with E-state index in [1.807, 2.05) is 11.8 Å². The van der Waals surface area contributed by atoms with Crippen LogP contribution in [0.5, 0.6) is 11.9 Å². The van der Waals surface area contributed by atoms with E-state index in [1.54, 1.807) is 12.3 Å². The van der Waals surface area contributed by atoms with E-state index < -0.39 is 0 Å². The lowest BCUT2D eigenvalue weighted by Gasteiger charge is -2.31. The predicted octanol–water partition coefficient (Wildman–Crippen LogP) is 1.66. The average Bonchev–Trinajstić information content (AvgIpc) is 2.48. The number of likely N-dealkylation sites (tertiary alicyclic amines) is 1. The Morgan fingerprint density at radius 3 is 2.85 bits per heavy atom. The SMILES string of the molecule is CCCC(=O)N1CCC(Oc2ccnc(OC)n2)CC1. The number of nitrogens with zero attached hydrogens (tertiary/aromatic N) is 3. The second-order valence-electron chi connectivity index (χ2n) is 4.83. The fourth-order valence-corrected chi connectivity index (χ4v) is 2.25. The average molecular weight is 279 g/mol. The molecule has 2 heterocycles. The monoisotopic (exact) mass is 279 g/mol. The smallest absolute Gasteiger partial charge is 0.319 e. The molecule has 6 heteroatoms. The summed E-state index contributed by atoms with van der Waals surface area (Å²) < 4.78 is 10.8. The van der Waals surface area contributed by atoms with E-state index in [1.165, 1.54) is 7.11 Å². The molecule has 1 aliphatic heterocycles. The number of methoxy groups -OCH3 is 1. The van der Waals surface area contributed by atoms with E-state index >= 15 is 0 Å². The Morgan fingerprint density at radius 2 is 2.20 bits per heavy atom. The van der Waals surface area contributed by atoms with Crippen molar-refractivity contribution in [3.8, 4) is 11.9 Å². The van der Waals surface area contributed by atoms with Gasteiger partial charge in [-0.25, -0.2) is 4.98 Å².